The summed E-state index contributed by atoms with van der Waals surface area (Å²) in [6.07, 6.45) is 3.48. The van der Waals surface area contributed by atoms with E-state index in [2.05, 4.69) is 0 Å². The van der Waals surface area contributed by atoms with Crippen LogP contribution in [-0.4, -0.2) is 18.2 Å². The van der Waals surface area contributed by atoms with Gasteiger partial charge in [-0.15, -0.1) is 0 Å². The highest BCUT2D eigenvalue weighted by Crippen LogP contribution is 2.29. The average Bonchev–Trinajstić information content (AvgIpc) is 2.47. The van der Waals surface area contributed by atoms with Gasteiger partial charge >= 0.3 is 5.97 Å². The number of carboxylic acid groups (broad SMARTS) is 1. The van der Waals surface area contributed by atoms with Crippen molar-refractivity contribution in [1.82, 2.24) is 0 Å². The van der Waals surface area contributed by atoms with Crippen LogP contribution in [0, 0.1) is 0 Å². The molecule has 1 N–H and O–H groups in total. The Kier molecular flexibility index (Phi) is 4.56. The number of carbonyl (C=O) groups is 1. The number of ether oxygens (including phenoxy) is 1. The lowest BCUT2D eigenvalue weighted by Crippen LogP contribution is -1.89. The third kappa shape index (κ3) is 3.48. The Hall–Kier alpha value is -2.55. The predicted octanol–water partition coefficient (Wildman–Crippen LogP) is 3.85. The molecule has 0 heterocycles. The number of benzene rings is 2. The second-order valence-electron chi connectivity index (χ2n) is 4.32. The molecule has 0 aliphatic rings. The van der Waals surface area contributed by atoms with Crippen LogP contribution in [0.25, 0.3) is 17.2 Å². The Labute approximate surface area is 118 Å². The molecule has 0 atom stereocenters. The summed E-state index contributed by atoms with van der Waals surface area (Å²) in [6, 6.07) is 15.8. The van der Waals surface area contributed by atoms with Gasteiger partial charge in [-0.2, -0.15) is 0 Å². The van der Waals surface area contributed by atoms with Gasteiger partial charge in [-0.25, -0.2) is 0 Å². The van der Waals surface area contributed by atoms with Crippen LogP contribution < -0.4 is 4.74 Å². The van der Waals surface area contributed by atoms with Crippen LogP contribution in [0.5, 0.6) is 5.75 Å². The summed E-state index contributed by atoms with van der Waals surface area (Å²) in [5.41, 5.74) is 3.08. The van der Waals surface area contributed by atoms with Crippen molar-refractivity contribution in [3.8, 4) is 16.9 Å². The third-order valence-electron chi connectivity index (χ3n) is 2.93. The van der Waals surface area contributed by atoms with Crippen molar-refractivity contribution in [1.29, 1.82) is 0 Å². The molecule has 2 aromatic carbocycles. The molecule has 0 radical (unpaired) electrons. The van der Waals surface area contributed by atoms with Crippen LogP contribution in [0.3, 0.4) is 0 Å². The molecule has 3 nitrogen and oxygen atoms in total. The summed E-state index contributed by atoms with van der Waals surface area (Å²) >= 11 is 0. The van der Waals surface area contributed by atoms with E-state index in [1.165, 1.54) is 0 Å². The zero-order valence-corrected chi connectivity index (χ0v) is 11.2. The summed E-state index contributed by atoms with van der Waals surface area (Å²) in [5, 5.41) is 8.58. The number of para-hydroxylation sites is 1. The molecule has 0 aliphatic heterocycles. The Morgan fingerprint density at radius 2 is 1.85 bits per heavy atom. The van der Waals surface area contributed by atoms with Gasteiger partial charge in [-0.3, -0.25) is 4.79 Å². The van der Waals surface area contributed by atoms with Crippen LogP contribution in [0.1, 0.15) is 12.0 Å². The lowest BCUT2D eigenvalue weighted by atomic mass is 10.0. The van der Waals surface area contributed by atoms with Gasteiger partial charge in [-0.1, -0.05) is 54.6 Å². The van der Waals surface area contributed by atoms with E-state index in [0.29, 0.717) is 0 Å². The highest BCUT2D eigenvalue weighted by atomic mass is 16.5. The van der Waals surface area contributed by atoms with Gasteiger partial charge in [0.1, 0.15) is 5.75 Å². The zero-order chi connectivity index (χ0) is 14.4. The zero-order valence-electron chi connectivity index (χ0n) is 11.2. The Morgan fingerprint density at radius 1 is 1.15 bits per heavy atom. The van der Waals surface area contributed by atoms with E-state index in [4.69, 9.17) is 9.84 Å². The molecule has 2 rings (SSSR count). The highest BCUT2D eigenvalue weighted by molar-refractivity contribution is 5.73. The Balaban J connectivity index is 2.19. The molecule has 0 unspecified atom stereocenters. The molecule has 0 spiro atoms. The van der Waals surface area contributed by atoms with Crippen molar-refractivity contribution in [2.75, 3.05) is 7.11 Å². The molecule has 0 saturated heterocycles. The molecule has 0 bridgehead atoms. The summed E-state index contributed by atoms with van der Waals surface area (Å²) in [6.45, 7) is 0. The maximum absolute atomic E-state index is 10.4. The van der Waals surface area contributed by atoms with Crippen LogP contribution in [0.15, 0.2) is 54.6 Å². The molecule has 0 aromatic heterocycles. The maximum atomic E-state index is 10.4. The fourth-order valence-electron chi connectivity index (χ4n) is 1.95. The quantitative estimate of drug-likeness (QED) is 0.895. The standard InChI is InChI=1S/C17H16O3/c1-20-16-7-3-2-6-15(16)14-11-9-13(10-12-14)5-4-8-17(18)19/h2-7,9-12H,8H2,1H3,(H,18,19)/b5-4+. The molecule has 0 aliphatic carbocycles. The minimum Gasteiger partial charge on any atom is -0.496 e. The molecular weight excluding hydrogens is 252 g/mol. The van der Waals surface area contributed by atoms with Crippen molar-refractivity contribution >= 4 is 12.0 Å². The molecule has 3 heteroatoms. The highest BCUT2D eigenvalue weighted by Gasteiger charge is 2.03. The largest absolute Gasteiger partial charge is 0.496 e. The minimum absolute atomic E-state index is 0.0360. The normalized spacial score (nSPS) is 10.7. The van der Waals surface area contributed by atoms with Gasteiger partial charge in [-0.05, 0) is 17.2 Å². The number of aliphatic carboxylic acids is 1. The predicted molar refractivity (Wildman–Crippen MR) is 79.7 cm³/mol. The molecule has 2 aromatic rings. The third-order valence-corrected chi connectivity index (χ3v) is 2.93. The van der Waals surface area contributed by atoms with E-state index in [0.717, 1.165) is 22.4 Å². The molecule has 0 saturated carbocycles. The van der Waals surface area contributed by atoms with Gasteiger partial charge in [0.15, 0.2) is 0 Å². The van der Waals surface area contributed by atoms with Crippen LogP contribution in [0.4, 0.5) is 0 Å². The fraction of sp³-hybridized carbons (Fsp3) is 0.118. The van der Waals surface area contributed by atoms with Crippen LogP contribution in [0.2, 0.25) is 0 Å². The van der Waals surface area contributed by atoms with Gasteiger partial charge < -0.3 is 9.84 Å². The number of rotatable bonds is 5. The number of carboxylic acids is 1. The minimum atomic E-state index is -0.827. The molecule has 0 fully saturated rings. The number of methoxy groups -OCH3 is 1. The lowest BCUT2D eigenvalue weighted by Gasteiger charge is -2.08. The first-order valence-corrected chi connectivity index (χ1v) is 6.32. The summed E-state index contributed by atoms with van der Waals surface area (Å²) in [5.74, 6) is 0.00793. The first-order chi connectivity index (χ1) is 9.70. The van der Waals surface area contributed by atoms with Crippen molar-refractivity contribution in [2.24, 2.45) is 0 Å². The van der Waals surface area contributed by atoms with Gasteiger partial charge in [0, 0.05) is 5.56 Å². The SMILES string of the molecule is COc1ccccc1-c1ccc(/C=C/CC(=O)O)cc1. The molecular formula is C17H16O3. The lowest BCUT2D eigenvalue weighted by molar-refractivity contribution is -0.135. The smallest absolute Gasteiger partial charge is 0.307 e. The van der Waals surface area contributed by atoms with E-state index in [9.17, 15) is 4.79 Å². The van der Waals surface area contributed by atoms with Crippen LogP contribution in [-0.2, 0) is 4.79 Å². The number of hydrogen-bond acceptors (Lipinski definition) is 2. The Morgan fingerprint density at radius 3 is 2.50 bits per heavy atom. The van der Waals surface area contributed by atoms with Crippen molar-refractivity contribution in [3.05, 3.63) is 60.2 Å². The van der Waals surface area contributed by atoms with Gasteiger partial charge in [0.05, 0.1) is 13.5 Å². The Bertz CT molecular complexity index is 612. The fourth-order valence-corrected chi connectivity index (χ4v) is 1.95. The van der Waals surface area contributed by atoms with Crippen LogP contribution >= 0.6 is 0 Å². The summed E-state index contributed by atoms with van der Waals surface area (Å²) < 4.78 is 5.34. The summed E-state index contributed by atoms with van der Waals surface area (Å²) in [7, 11) is 1.65. The molecule has 0 amide bonds. The second-order valence-corrected chi connectivity index (χ2v) is 4.32. The van der Waals surface area contributed by atoms with Crippen molar-refractivity contribution in [3.63, 3.8) is 0 Å². The van der Waals surface area contributed by atoms with Crippen molar-refractivity contribution < 1.29 is 14.6 Å². The monoisotopic (exact) mass is 268 g/mol. The summed E-state index contributed by atoms with van der Waals surface area (Å²) in [4.78, 5) is 10.4. The number of hydrogen-bond donors (Lipinski definition) is 1. The van der Waals surface area contributed by atoms with E-state index in [-0.39, 0.29) is 6.42 Å². The first kappa shape index (κ1) is 13.9. The molecule has 20 heavy (non-hydrogen) atoms. The van der Waals surface area contributed by atoms with Gasteiger partial charge in [0.25, 0.3) is 0 Å². The van der Waals surface area contributed by atoms with E-state index >= 15 is 0 Å². The molecule has 102 valence electrons. The van der Waals surface area contributed by atoms with Crippen molar-refractivity contribution in [2.45, 2.75) is 6.42 Å². The second kappa shape index (κ2) is 6.57. The van der Waals surface area contributed by atoms with E-state index in [1.807, 2.05) is 48.5 Å². The van der Waals surface area contributed by atoms with Gasteiger partial charge in [0.2, 0.25) is 0 Å². The maximum Gasteiger partial charge on any atom is 0.307 e. The average molecular weight is 268 g/mol. The van der Waals surface area contributed by atoms with E-state index < -0.39 is 5.97 Å². The topological polar surface area (TPSA) is 46.5 Å². The van der Waals surface area contributed by atoms with E-state index in [1.54, 1.807) is 19.3 Å². The first-order valence-electron chi connectivity index (χ1n) is 6.32.